The SMILES string of the molecule is Cl.FC1(F)C(C2CC2)C12CCCNC2. The molecule has 3 rings (SSSR count). The average Bonchev–Trinajstić information content (AvgIpc) is 2.96. The maximum atomic E-state index is 13.6. The number of piperidine rings is 1. The number of rotatable bonds is 1. The van der Waals surface area contributed by atoms with E-state index in [0.717, 1.165) is 32.2 Å². The van der Waals surface area contributed by atoms with E-state index < -0.39 is 11.3 Å². The Labute approximate surface area is 89.0 Å². The van der Waals surface area contributed by atoms with Crippen LogP contribution >= 0.6 is 12.4 Å². The Bertz CT molecular complexity index is 234. The molecule has 0 aromatic rings. The Morgan fingerprint density at radius 2 is 1.93 bits per heavy atom. The second-order valence-corrected chi connectivity index (χ2v) is 4.87. The van der Waals surface area contributed by atoms with Crippen molar-refractivity contribution in [1.82, 2.24) is 5.32 Å². The fourth-order valence-corrected chi connectivity index (χ4v) is 3.20. The van der Waals surface area contributed by atoms with Gasteiger partial charge in [0.25, 0.3) is 5.92 Å². The van der Waals surface area contributed by atoms with Crippen molar-refractivity contribution in [2.24, 2.45) is 17.3 Å². The predicted molar refractivity (Wildman–Crippen MR) is 52.9 cm³/mol. The third-order valence-corrected chi connectivity index (χ3v) is 4.08. The van der Waals surface area contributed by atoms with Crippen LogP contribution in [0.4, 0.5) is 8.78 Å². The fourth-order valence-electron chi connectivity index (χ4n) is 3.20. The first-order chi connectivity index (χ1) is 6.18. The van der Waals surface area contributed by atoms with Gasteiger partial charge in [0.15, 0.2) is 0 Å². The molecule has 1 aliphatic heterocycles. The molecule has 1 spiro atoms. The maximum absolute atomic E-state index is 13.6. The predicted octanol–water partition coefficient (Wildman–Crippen LogP) is 2.45. The monoisotopic (exact) mass is 223 g/mol. The largest absolute Gasteiger partial charge is 0.316 e. The van der Waals surface area contributed by atoms with E-state index in [1.54, 1.807) is 0 Å². The molecule has 0 amide bonds. The first kappa shape index (κ1) is 10.6. The highest BCUT2D eigenvalue weighted by atomic mass is 35.5. The highest BCUT2D eigenvalue weighted by Gasteiger charge is 2.82. The lowest BCUT2D eigenvalue weighted by Crippen LogP contribution is -2.35. The second kappa shape index (κ2) is 3.05. The summed E-state index contributed by atoms with van der Waals surface area (Å²) in [6.07, 6.45) is 3.76. The van der Waals surface area contributed by atoms with Crippen molar-refractivity contribution in [3.05, 3.63) is 0 Å². The van der Waals surface area contributed by atoms with E-state index in [0.29, 0.717) is 12.5 Å². The summed E-state index contributed by atoms with van der Waals surface area (Å²) in [6, 6.07) is 0. The number of halogens is 3. The molecule has 2 atom stereocenters. The molecule has 2 aliphatic carbocycles. The summed E-state index contributed by atoms with van der Waals surface area (Å²) in [5.41, 5.74) is -0.619. The third-order valence-electron chi connectivity index (χ3n) is 4.08. The summed E-state index contributed by atoms with van der Waals surface area (Å²) < 4.78 is 27.2. The van der Waals surface area contributed by atoms with E-state index in [4.69, 9.17) is 0 Å². The van der Waals surface area contributed by atoms with Crippen molar-refractivity contribution in [2.75, 3.05) is 13.1 Å². The van der Waals surface area contributed by atoms with E-state index in [1.165, 1.54) is 0 Å². The topological polar surface area (TPSA) is 12.0 Å². The van der Waals surface area contributed by atoms with Crippen LogP contribution < -0.4 is 5.32 Å². The van der Waals surface area contributed by atoms with Crippen molar-refractivity contribution >= 4 is 12.4 Å². The number of hydrogen-bond acceptors (Lipinski definition) is 1. The Balaban J connectivity index is 0.000000750. The lowest BCUT2D eigenvalue weighted by atomic mass is 9.92. The van der Waals surface area contributed by atoms with Crippen molar-refractivity contribution in [2.45, 2.75) is 31.6 Å². The minimum absolute atomic E-state index is 0. The zero-order valence-corrected chi connectivity index (χ0v) is 8.88. The molecular formula is C10H16ClF2N. The van der Waals surface area contributed by atoms with Gasteiger partial charge in [0.1, 0.15) is 0 Å². The number of hydrogen-bond donors (Lipinski definition) is 1. The number of alkyl halides is 2. The van der Waals surface area contributed by atoms with E-state index in [1.807, 2.05) is 0 Å². The van der Waals surface area contributed by atoms with Crippen LogP contribution in [0.25, 0.3) is 0 Å². The smallest absolute Gasteiger partial charge is 0.259 e. The third kappa shape index (κ3) is 1.15. The molecule has 82 valence electrons. The van der Waals surface area contributed by atoms with Gasteiger partial charge in [0, 0.05) is 12.5 Å². The van der Waals surface area contributed by atoms with Gasteiger partial charge in [-0.25, -0.2) is 8.78 Å². The molecule has 2 unspecified atom stereocenters. The lowest BCUT2D eigenvalue weighted by Gasteiger charge is -2.23. The molecule has 2 saturated carbocycles. The molecule has 1 heterocycles. The van der Waals surface area contributed by atoms with Crippen LogP contribution in [0.3, 0.4) is 0 Å². The first-order valence-corrected chi connectivity index (χ1v) is 5.27. The van der Waals surface area contributed by atoms with Gasteiger partial charge in [0.05, 0.1) is 5.41 Å². The standard InChI is InChI=1S/C10H15F2N.ClH/c11-10(12)8(7-2-3-7)9(10)4-1-5-13-6-9;/h7-8,13H,1-6H2;1H. The van der Waals surface area contributed by atoms with Gasteiger partial charge >= 0.3 is 0 Å². The van der Waals surface area contributed by atoms with Crippen molar-refractivity contribution in [3.8, 4) is 0 Å². The van der Waals surface area contributed by atoms with Gasteiger partial charge in [-0.3, -0.25) is 0 Å². The van der Waals surface area contributed by atoms with Crippen LogP contribution in [0.5, 0.6) is 0 Å². The van der Waals surface area contributed by atoms with Crippen molar-refractivity contribution in [3.63, 3.8) is 0 Å². The molecule has 0 aromatic carbocycles. The van der Waals surface area contributed by atoms with E-state index in [2.05, 4.69) is 5.32 Å². The van der Waals surface area contributed by atoms with Crippen molar-refractivity contribution in [1.29, 1.82) is 0 Å². The van der Waals surface area contributed by atoms with Gasteiger partial charge in [-0.2, -0.15) is 0 Å². The Morgan fingerprint density at radius 3 is 2.43 bits per heavy atom. The van der Waals surface area contributed by atoms with Crippen LogP contribution in [0, 0.1) is 17.3 Å². The van der Waals surface area contributed by atoms with E-state index >= 15 is 0 Å². The molecule has 3 fully saturated rings. The summed E-state index contributed by atoms with van der Waals surface area (Å²) in [5.74, 6) is -2.26. The first-order valence-electron chi connectivity index (χ1n) is 5.27. The summed E-state index contributed by atoms with van der Waals surface area (Å²) in [4.78, 5) is 0. The Morgan fingerprint density at radius 1 is 1.21 bits per heavy atom. The molecule has 3 aliphatic rings. The van der Waals surface area contributed by atoms with Crippen LogP contribution in [0.15, 0.2) is 0 Å². The normalized spacial score (nSPS) is 44.6. The average molecular weight is 224 g/mol. The van der Waals surface area contributed by atoms with E-state index in [-0.39, 0.29) is 18.3 Å². The van der Waals surface area contributed by atoms with Crippen LogP contribution in [0.1, 0.15) is 25.7 Å². The van der Waals surface area contributed by atoms with Gasteiger partial charge < -0.3 is 5.32 Å². The zero-order valence-electron chi connectivity index (χ0n) is 8.06. The van der Waals surface area contributed by atoms with Gasteiger partial charge in [-0.1, -0.05) is 0 Å². The lowest BCUT2D eigenvalue weighted by molar-refractivity contribution is 0.0472. The molecule has 1 N–H and O–H groups in total. The maximum Gasteiger partial charge on any atom is 0.259 e. The summed E-state index contributed by atoms with van der Waals surface area (Å²) >= 11 is 0. The van der Waals surface area contributed by atoms with E-state index in [9.17, 15) is 8.78 Å². The summed E-state index contributed by atoms with van der Waals surface area (Å²) in [7, 11) is 0. The zero-order chi connectivity index (χ0) is 9.10. The van der Waals surface area contributed by atoms with Crippen LogP contribution in [-0.4, -0.2) is 19.0 Å². The van der Waals surface area contributed by atoms with Gasteiger partial charge in [0.2, 0.25) is 0 Å². The molecule has 1 nitrogen and oxygen atoms in total. The minimum Gasteiger partial charge on any atom is -0.316 e. The Hall–Kier alpha value is 0.110. The fraction of sp³-hybridized carbons (Fsp3) is 1.00. The molecule has 0 aromatic heterocycles. The van der Waals surface area contributed by atoms with Gasteiger partial charge in [-0.05, 0) is 38.1 Å². The highest BCUT2D eigenvalue weighted by molar-refractivity contribution is 5.85. The second-order valence-electron chi connectivity index (χ2n) is 4.87. The van der Waals surface area contributed by atoms with Crippen LogP contribution in [-0.2, 0) is 0 Å². The molecule has 0 bridgehead atoms. The highest BCUT2D eigenvalue weighted by Crippen LogP contribution is 2.74. The summed E-state index contributed by atoms with van der Waals surface area (Å²) in [5, 5.41) is 3.13. The molecule has 4 heteroatoms. The summed E-state index contributed by atoms with van der Waals surface area (Å²) in [6.45, 7) is 1.48. The molecule has 1 saturated heterocycles. The number of nitrogens with one attached hydrogen (secondary N) is 1. The molecule has 14 heavy (non-hydrogen) atoms. The van der Waals surface area contributed by atoms with Gasteiger partial charge in [-0.15, -0.1) is 12.4 Å². The Kier molecular flexibility index (Phi) is 2.31. The minimum atomic E-state index is -2.35. The van der Waals surface area contributed by atoms with Crippen LogP contribution in [0.2, 0.25) is 0 Å². The van der Waals surface area contributed by atoms with Crippen molar-refractivity contribution < 1.29 is 8.78 Å². The quantitative estimate of drug-likeness (QED) is 0.720. The molecular weight excluding hydrogens is 208 g/mol. The molecule has 0 radical (unpaired) electrons.